The first-order chi connectivity index (χ1) is 9.86. The highest BCUT2D eigenvalue weighted by atomic mass is 19.4. The fraction of sp³-hybridized carbons (Fsp3) is 0.154. The normalized spacial score (nSPS) is 12.0. The molecule has 8 heteroatoms. The molecule has 0 unspecified atom stereocenters. The number of hydrogen-bond acceptors (Lipinski definition) is 3. The van der Waals surface area contributed by atoms with Crippen LogP contribution in [0.25, 0.3) is 22.3 Å². The highest BCUT2D eigenvalue weighted by molar-refractivity contribution is 5.91. The van der Waals surface area contributed by atoms with E-state index in [-0.39, 0.29) is 11.4 Å². The molecule has 0 saturated heterocycles. The zero-order chi connectivity index (χ0) is 15.2. The lowest BCUT2D eigenvalue weighted by Crippen LogP contribution is -2.08. The molecular weight excluding hydrogens is 288 g/mol. The Labute approximate surface area is 116 Å². The molecule has 2 aromatic heterocycles. The maximum Gasteiger partial charge on any atom is 0.453 e. The molecule has 0 radical (unpaired) electrons. The Morgan fingerprint density at radius 3 is 2.62 bits per heavy atom. The minimum atomic E-state index is -4.66. The lowest BCUT2D eigenvalue weighted by atomic mass is 10.1. The molecule has 0 aliphatic carbocycles. The molecule has 0 aliphatic rings. The van der Waals surface area contributed by atoms with Gasteiger partial charge in [0.25, 0.3) is 5.82 Å². The van der Waals surface area contributed by atoms with Gasteiger partial charge in [0.1, 0.15) is 5.82 Å². The Hall–Kier alpha value is -2.51. The van der Waals surface area contributed by atoms with E-state index in [9.17, 15) is 17.6 Å². The number of pyridine rings is 1. The zero-order valence-corrected chi connectivity index (χ0v) is 10.7. The van der Waals surface area contributed by atoms with E-state index in [0.29, 0.717) is 10.9 Å². The van der Waals surface area contributed by atoms with Crippen molar-refractivity contribution >= 4 is 10.9 Å². The van der Waals surface area contributed by atoms with Gasteiger partial charge in [-0.15, -0.1) is 5.10 Å². The molecule has 4 nitrogen and oxygen atoms in total. The Balaban J connectivity index is 2.28. The van der Waals surface area contributed by atoms with Crippen LogP contribution >= 0.6 is 0 Å². The molecule has 0 spiro atoms. The summed E-state index contributed by atoms with van der Waals surface area (Å²) in [5.41, 5.74) is 0.527. The van der Waals surface area contributed by atoms with Gasteiger partial charge in [-0.2, -0.15) is 13.2 Å². The van der Waals surface area contributed by atoms with Crippen LogP contribution in [0.1, 0.15) is 5.82 Å². The first-order valence-electron chi connectivity index (χ1n) is 5.89. The van der Waals surface area contributed by atoms with Gasteiger partial charge in [0.15, 0.2) is 5.82 Å². The highest BCUT2D eigenvalue weighted by Crippen LogP contribution is 2.31. The smallest absolute Gasteiger partial charge is 0.255 e. The van der Waals surface area contributed by atoms with Gasteiger partial charge in [-0.05, 0) is 18.2 Å². The molecule has 0 fully saturated rings. The van der Waals surface area contributed by atoms with E-state index in [2.05, 4.69) is 15.1 Å². The van der Waals surface area contributed by atoms with E-state index >= 15 is 0 Å². The van der Waals surface area contributed by atoms with Gasteiger partial charge in [-0.3, -0.25) is 4.98 Å². The first-order valence-corrected chi connectivity index (χ1v) is 5.89. The molecule has 0 N–H and O–H groups in total. The number of alkyl halides is 3. The fourth-order valence-corrected chi connectivity index (χ4v) is 2.07. The largest absolute Gasteiger partial charge is 0.453 e. The molecule has 1 aromatic carbocycles. The molecule has 108 valence electrons. The topological polar surface area (TPSA) is 43.6 Å². The summed E-state index contributed by atoms with van der Waals surface area (Å²) >= 11 is 0. The quantitative estimate of drug-likeness (QED) is 0.648. The summed E-state index contributed by atoms with van der Waals surface area (Å²) in [6, 6.07) is 5.59. The van der Waals surface area contributed by atoms with Gasteiger partial charge in [0.2, 0.25) is 0 Å². The summed E-state index contributed by atoms with van der Waals surface area (Å²) < 4.78 is 52.6. The van der Waals surface area contributed by atoms with E-state index in [0.717, 1.165) is 10.7 Å². The third kappa shape index (κ3) is 2.32. The van der Waals surface area contributed by atoms with E-state index in [1.165, 1.54) is 19.3 Å². The van der Waals surface area contributed by atoms with Crippen LogP contribution < -0.4 is 0 Å². The maximum atomic E-state index is 13.6. The third-order valence-electron chi connectivity index (χ3n) is 2.93. The summed E-state index contributed by atoms with van der Waals surface area (Å²) in [7, 11) is 1.32. The van der Waals surface area contributed by atoms with E-state index in [1.807, 2.05) is 0 Å². The Bertz CT molecular complexity index is 823. The minimum absolute atomic E-state index is 0.0921. The van der Waals surface area contributed by atoms with Gasteiger partial charge in [0, 0.05) is 24.2 Å². The van der Waals surface area contributed by atoms with Crippen molar-refractivity contribution in [2.45, 2.75) is 6.18 Å². The lowest BCUT2D eigenvalue weighted by Gasteiger charge is -2.05. The van der Waals surface area contributed by atoms with Crippen molar-refractivity contribution in [3.05, 3.63) is 42.1 Å². The molecule has 3 rings (SSSR count). The molecule has 0 aliphatic heterocycles. The van der Waals surface area contributed by atoms with Crippen molar-refractivity contribution in [1.82, 2.24) is 19.7 Å². The van der Waals surface area contributed by atoms with Crippen LogP contribution in [0.2, 0.25) is 0 Å². The second-order valence-electron chi connectivity index (χ2n) is 4.41. The van der Waals surface area contributed by atoms with Crippen LogP contribution in [0.4, 0.5) is 17.6 Å². The maximum absolute atomic E-state index is 13.6. The van der Waals surface area contributed by atoms with Gasteiger partial charge in [-0.25, -0.2) is 14.1 Å². The molecule has 0 amide bonds. The van der Waals surface area contributed by atoms with Crippen LogP contribution in [0, 0.1) is 5.82 Å². The predicted octanol–water partition coefficient (Wildman–Crippen LogP) is 3.19. The average molecular weight is 296 g/mol. The Morgan fingerprint density at radius 1 is 1.19 bits per heavy atom. The number of rotatable bonds is 1. The lowest BCUT2D eigenvalue weighted by molar-refractivity contribution is -0.144. The van der Waals surface area contributed by atoms with Crippen molar-refractivity contribution in [3.8, 4) is 11.4 Å². The number of nitrogens with zero attached hydrogens (tertiary/aromatic N) is 4. The highest BCUT2D eigenvalue weighted by Gasteiger charge is 2.37. The standard InChI is InChI=1S/C13H8F4N4/c1-21-11(19-12(20-21)13(15,16)17)9-6-8(14)5-7-3-2-4-18-10(7)9/h2-6H,1H3. The van der Waals surface area contributed by atoms with Crippen molar-refractivity contribution < 1.29 is 17.6 Å². The number of aryl methyl sites for hydroxylation is 1. The van der Waals surface area contributed by atoms with Crippen molar-refractivity contribution in [2.24, 2.45) is 7.05 Å². The number of benzene rings is 1. The zero-order valence-electron chi connectivity index (χ0n) is 10.7. The SMILES string of the molecule is Cn1nc(C(F)(F)F)nc1-c1cc(F)cc2cccnc12. The third-order valence-corrected chi connectivity index (χ3v) is 2.93. The summed E-state index contributed by atoms with van der Waals surface area (Å²) in [4.78, 5) is 7.54. The van der Waals surface area contributed by atoms with E-state index in [1.54, 1.807) is 12.1 Å². The van der Waals surface area contributed by atoms with Crippen LogP contribution in [0.5, 0.6) is 0 Å². The van der Waals surface area contributed by atoms with E-state index < -0.39 is 17.8 Å². The van der Waals surface area contributed by atoms with Crippen LogP contribution in [-0.4, -0.2) is 19.7 Å². The van der Waals surface area contributed by atoms with Crippen LogP contribution in [0.3, 0.4) is 0 Å². The number of halogens is 4. The monoisotopic (exact) mass is 296 g/mol. The van der Waals surface area contributed by atoms with Crippen molar-refractivity contribution in [2.75, 3.05) is 0 Å². The molecule has 3 aromatic rings. The first kappa shape index (κ1) is 13.5. The second kappa shape index (κ2) is 4.51. The Morgan fingerprint density at radius 2 is 1.95 bits per heavy atom. The average Bonchev–Trinajstić information content (AvgIpc) is 2.79. The molecule has 0 atom stereocenters. The van der Waals surface area contributed by atoms with Gasteiger partial charge in [-0.1, -0.05) is 6.07 Å². The van der Waals surface area contributed by atoms with Gasteiger partial charge < -0.3 is 0 Å². The minimum Gasteiger partial charge on any atom is -0.255 e. The summed E-state index contributed by atoms with van der Waals surface area (Å²) in [5, 5.41) is 3.80. The fourth-order valence-electron chi connectivity index (χ4n) is 2.07. The molecule has 2 heterocycles. The van der Waals surface area contributed by atoms with E-state index in [4.69, 9.17) is 0 Å². The van der Waals surface area contributed by atoms with Crippen molar-refractivity contribution in [3.63, 3.8) is 0 Å². The van der Waals surface area contributed by atoms with Gasteiger partial charge in [0.05, 0.1) is 5.52 Å². The number of fused-ring (bicyclic) bond motifs is 1. The number of hydrogen-bond donors (Lipinski definition) is 0. The Kier molecular flexibility index (Phi) is 2.89. The summed E-state index contributed by atoms with van der Waals surface area (Å²) in [6.45, 7) is 0. The second-order valence-corrected chi connectivity index (χ2v) is 4.41. The predicted molar refractivity (Wildman–Crippen MR) is 66.7 cm³/mol. The van der Waals surface area contributed by atoms with Crippen LogP contribution in [0.15, 0.2) is 30.5 Å². The van der Waals surface area contributed by atoms with Crippen LogP contribution in [-0.2, 0) is 13.2 Å². The van der Waals surface area contributed by atoms with Crippen molar-refractivity contribution in [1.29, 1.82) is 0 Å². The molecular formula is C13H8F4N4. The van der Waals surface area contributed by atoms with Gasteiger partial charge >= 0.3 is 6.18 Å². The molecule has 0 saturated carbocycles. The molecule has 0 bridgehead atoms. The summed E-state index contributed by atoms with van der Waals surface area (Å²) in [5.74, 6) is -1.94. The summed E-state index contributed by atoms with van der Waals surface area (Å²) in [6.07, 6.45) is -3.18. The number of aromatic nitrogens is 4. The molecule has 21 heavy (non-hydrogen) atoms.